The monoisotopic (exact) mass is 542 g/mol. The van der Waals surface area contributed by atoms with Gasteiger partial charge in [0.15, 0.2) is 0 Å². The second kappa shape index (κ2) is 17.7. The summed E-state index contributed by atoms with van der Waals surface area (Å²) in [5.74, 6) is 2.59. The highest BCUT2D eigenvalue weighted by molar-refractivity contribution is 6.25. The summed E-state index contributed by atoms with van der Waals surface area (Å²) >= 11 is 0. The quantitative estimate of drug-likeness (QED) is 0.154. The Hall–Kier alpha value is -3.78. The lowest BCUT2D eigenvalue weighted by molar-refractivity contribution is -0.136. The molecule has 1 atom stereocenters. The minimum Gasteiger partial charge on any atom is -0.382 e. The van der Waals surface area contributed by atoms with Crippen LogP contribution in [0.3, 0.4) is 0 Å². The summed E-state index contributed by atoms with van der Waals surface area (Å²) < 4.78 is 20.4. The molecule has 12 heteroatoms. The predicted octanol–water partition coefficient (Wildman–Crippen LogP) is -0.222. The number of hydrogen-bond donors (Lipinski definition) is 3. The maximum atomic E-state index is 12.9. The van der Waals surface area contributed by atoms with Gasteiger partial charge in [0.25, 0.3) is 11.8 Å². The normalized spacial score (nSPS) is 16.1. The Labute approximate surface area is 227 Å². The van der Waals surface area contributed by atoms with Crippen LogP contribution in [0.25, 0.3) is 0 Å². The molecule has 0 saturated carbocycles. The van der Waals surface area contributed by atoms with Crippen molar-refractivity contribution in [2.75, 3.05) is 71.3 Å². The van der Waals surface area contributed by atoms with E-state index >= 15 is 0 Å². The van der Waals surface area contributed by atoms with Crippen LogP contribution in [0.4, 0.5) is 5.69 Å². The molecule has 1 aromatic rings. The van der Waals surface area contributed by atoms with Gasteiger partial charge in [-0.25, -0.2) is 0 Å². The number of ether oxygens (including phenoxy) is 4. The fourth-order valence-electron chi connectivity index (χ4n) is 3.71. The number of rotatable bonds is 15. The van der Waals surface area contributed by atoms with E-state index in [-0.39, 0.29) is 30.6 Å². The lowest BCUT2D eigenvalue weighted by atomic mass is 10.0. The molecule has 2 aliphatic heterocycles. The Morgan fingerprint density at radius 3 is 2.18 bits per heavy atom. The topological polar surface area (TPSA) is 159 Å². The minimum absolute atomic E-state index is 0.0807. The number of hydrogen-bond acceptors (Lipinski definition) is 10. The molecule has 2 heterocycles. The van der Waals surface area contributed by atoms with Crippen molar-refractivity contribution in [3.8, 4) is 24.7 Å². The fourth-order valence-corrected chi connectivity index (χ4v) is 3.71. The van der Waals surface area contributed by atoms with E-state index in [1.807, 2.05) is 0 Å². The number of carbonyl (C=O) groups is 4. The van der Waals surface area contributed by atoms with Gasteiger partial charge < -0.3 is 30.0 Å². The second-order valence-corrected chi connectivity index (χ2v) is 8.13. The van der Waals surface area contributed by atoms with E-state index in [0.717, 1.165) is 4.90 Å². The molecule has 1 aromatic carbocycles. The van der Waals surface area contributed by atoms with Gasteiger partial charge in [0.2, 0.25) is 11.8 Å². The maximum Gasteiger partial charge on any atom is 0.264 e. The highest BCUT2D eigenvalue weighted by Crippen LogP contribution is 2.32. The van der Waals surface area contributed by atoms with E-state index in [1.165, 1.54) is 0 Å². The molecule has 0 bridgehead atoms. The maximum absolute atomic E-state index is 12.9. The average molecular weight is 543 g/mol. The van der Waals surface area contributed by atoms with Crippen LogP contribution < -0.4 is 16.4 Å². The van der Waals surface area contributed by atoms with E-state index in [4.69, 9.17) is 37.5 Å². The first-order chi connectivity index (χ1) is 19.0. The van der Waals surface area contributed by atoms with Gasteiger partial charge in [-0.3, -0.25) is 29.4 Å². The fraction of sp³-hybridized carbons (Fsp3) is 0.481. The third kappa shape index (κ3) is 9.80. The molecule has 3 rings (SSSR count). The number of fused-ring (bicyclic) bond motifs is 1. The van der Waals surface area contributed by atoms with Crippen molar-refractivity contribution < 1.29 is 38.1 Å². The van der Waals surface area contributed by atoms with Crippen LogP contribution in [0.15, 0.2) is 18.2 Å². The molecule has 2 aliphatic rings. The molecule has 39 heavy (non-hydrogen) atoms. The number of carbonyl (C=O) groups excluding carboxylic acids is 4. The molecule has 210 valence electrons. The van der Waals surface area contributed by atoms with Crippen molar-refractivity contribution in [1.29, 1.82) is 0 Å². The molecule has 1 fully saturated rings. The van der Waals surface area contributed by atoms with Crippen LogP contribution in [0.1, 0.15) is 33.6 Å². The van der Waals surface area contributed by atoms with Crippen molar-refractivity contribution in [3.63, 3.8) is 0 Å². The van der Waals surface area contributed by atoms with Crippen molar-refractivity contribution in [1.82, 2.24) is 10.2 Å². The summed E-state index contributed by atoms with van der Waals surface area (Å²) in [5, 5.41) is 5.27. The van der Waals surface area contributed by atoms with Crippen molar-refractivity contribution in [2.24, 2.45) is 5.73 Å². The van der Waals surface area contributed by atoms with Crippen molar-refractivity contribution in [2.45, 2.75) is 18.9 Å². The number of imide groups is 2. The van der Waals surface area contributed by atoms with E-state index in [1.54, 1.807) is 18.2 Å². The molecule has 4 amide bonds. The van der Waals surface area contributed by atoms with Gasteiger partial charge in [0, 0.05) is 25.2 Å². The molecule has 0 aromatic heterocycles. The average Bonchev–Trinajstić information content (AvgIpc) is 3.18. The van der Waals surface area contributed by atoms with E-state index in [2.05, 4.69) is 22.5 Å². The van der Waals surface area contributed by atoms with Crippen LogP contribution in [0.5, 0.6) is 0 Å². The largest absolute Gasteiger partial charge is 0.382 e. The third-order valence-corrected chi connectivity index (χ3v) is 5.41. The number of nitrogens with two attached hydrogens (primary N) is 1. The number of anilines is 1. The number of piperidine rings is 1. The van der Waals surface area contributed by atoms with Gasteiger partial charge in [-0.05, 0) is 18.6 Å². The molecule has 0 radical (unpaired) electrons. The Morgan fingerprint density at radius 1 is 0.923 bits per heavy atom. The summed E-state index contributed by atoms with van der Waals surface area (Å²) in [5.41, 5.74) is 6.11. The first kappa shape index (κ1) is 31.4. The summed E-state index contributed by atoms with van der Waals surface area (Å²) in [6, 6.07) is 3.91. The lowest BCUT2D eigenvalue weighted by Gasteiger charge is -2.27. The molecule has 1 unspecified atom stereocenters. The molecular weight excluding hydrogens is 508 g/mol. The zero-order chi connectivity index (χ0) is 28.5. The Balaban J connectivity index is 0.000000455. The standard InChI is InChI=1S/C20H21N3O6.C7H13NO2/c1-2-9-28-11-12-29-10-8-21-14-5-3-4-13-17(14)20(27)23(19(13)26)15-6-7-16(24)22-18(15)25;1-2-4-9-6-7-10-5-3-8/h1,3-5,15,21H,6-12H2,(H,22,24,25);1H,3-8H2. The van der Waals surface area contributed by atoms with Crippen LogP contribution in [-0.2, 0) is 28.5 Å². The number of nitrogens with one attached hydrogen (secondary N) is 2. The highest BCUT2D eigenvalue weighted by atomic mass is 16.5. The van der Waals surface area contributed by atoms with E-state index in [0.29, 0.717) is 65.0 Å². The number of terminal acetylenes is 2. The summed E-state index contributed by atoms with van der Waals surface area (Å²) in [6.45, 7) is 4.38. The minimum atomic E-state index is -0.987. The second-order valence-electron chi connectivity index (χ2n) is 8.13. The first-order valence-corrected chi connectivity index (χ1v) is 12.4. The molecule has 12 nitrogen and oxygen atoms in total. The van der Waals surface area contributed by atoms with Crippen LogP contribution in [-0.4, -0.2) is 101 Å². The molecule has 1 saturated heterocycles. The zero-order valence-corrected chi connectivity index (χ0v) is 21.7. The van der Waals surface area contributed by atoms with Gasteiger partial charge in [-0.2, -0.15) is 0 Å². The number of nitrogens with zero attached hydrogens (tertiary/aromatic N) is 1. The van der Waals surface area contributed by atoms with Gasteiger partial charge in [0.05, 0.1) is 50.8 Å². The number of amides is 4. The van der Waals surface area contributed by atoms with Gasteiger partial charge in [-0.15, -0.1) is 12.8 Å². The summed E-state index contributed by atoms with van der Waals surface area (Å²) in [4.78, 5) is 50.1. The number of benzene rings is 1. The van der Waals surface area contributed by atoms with Gasteiger partial charge in [-0.1, -0.05) is 17.9 Å². The summed E-state index contributed by atoms with van der Waals surface area (Å²) in [7, 11) is 0. The molecular formula is C27H34N4O8. The highest BCUT2D eigenvalue weighted by Gasteiger charge is 2.45. The van der Waals surface area contributed by atoms with E-state index < -0.39 is 29.7 Å². The Bertz CT molecular complexity index is 1080. The SMILES string of the molecule is C#CCOCCOCCN.C#CCOCCOCCNc1cccc2c1C(=O)N(C1CCC(=O)NC1=O)C2=O. The van der Waals surface area contributed by atoms with Gasteiger partial charge in [0.1, 0.15) is 19.3 Å². The Kier molecular flexibility index (Phi) is 14.2. The van der Waals surface area contributed by atoms with Gasteiger partial charge >= 0.3 is 0 Å². The zero-order valence-electron chi connectivity index (χ0n) is 21.7. The van der Waals surface area contributed by atoms with Crippen LogP contribution in [0.2, 0.25) is 0 Å². The van der Waals surface area contributed by atoms with Crippen LogP contribution in [0, 0.1) is 24.7 Å². The molecule has 0 spiro atoms. The van der Waals surface area contributed by atoms with Crippen molar-refractivity contribution >= 4 is 29.3 Å². The molecule has 4 N–H and O–H groups in total. The van der Waals surface area contributed by atoms with Crippen LogP contribution >= 0.6 is 0 Å². The predicted molar refractivity (Wildman–Crippen MR) is 142 cm³/mol. The Morgan fingerprint density at radius 2 is 1.56 bits per heavy atom. The van der Waals surface area contributed by atoms with E-state index in [9.17, 15) is 19.2 Å². The molecule has 0 aliphatic carbocycles. The van der Waals surface area contributed by atoms with Crippen molar-refractivity contribution in [3.05, 3.63) is 29.3 Å². The first-order valence-electron chi connectivity index (χ1n) is 12.4. The lowest BCUT2D eigenvalue weighted by Crippen LogP contribution is -2.54. The third-order valence-electron chi connectivity index (χ3n) is 5.41. The summed E-state index contributed by atoms with van der Waals surface area (Å²) in [6.07, 6.45) is 10.2. The smallest absolute Gasteiger partial charge is 0.264 e.